The van der Waals surface area contributed by atoms with Gasteiger partial charge < -0.3 is 9.80 Å². The molecule has 1 aliphatic heterocycles. The molecule has 0 saturated carbocycles. The van der Waals surface area contributed by atoms with Gasteiger partial charge in [0, 0.05) is 31.9 Å². The maximum Gasteiger partial charge on any atom is 0.238 e. The van der Waals surface area contributed by atoms with Crippen LogP contribution < -0.4 is 14.9 Å². The molecule has 3 aromatic rings. The molecular formula is C16H17N5O2S2. The molecular weight excluding hydrogens is 358 g/mol. The molecule has 1 saturated heterocycles. The van der Waals surface area contributed by atoms with Crippen molar-refractivity contribution in [2.75, 3.05) is 36.0 Å². The highest BCUT2D eigenvalue weighted by Gasteiger charge is 2.20. The Balaban J connectivity index is 1.49. The van der Waals surface area contributed by atoms with Gasteiger partial charge >= 0.3 is 0 Å². The van der Waals surface area contributed by atoms with Gasteiger partial charge in [0.2, 0.25) is 10.0 Å². The largest absolute Gasteiger partial charge is 0.368 e. The number of rotatable bonds is 3. The topological polar surface area (TPSA) is 92.4 Å². The molecule has 0 amide bonds. The van der Waals surface area contributed by atoms with Gasteiger partial charge in [0.25, 0.3) is 0 Å². The van der Waals surface area contributed by atoms with Crippen LogP contribution in [0.15, 0.2) is 46.9 Å². The van der Waals surface area contributed by atoms with Gasteiger partial charge in [-0.25, -0.2) is 23.5 Å². The Kier molecular flexibility index (Phi) is 4.06. The number of nitrogens with two attached hydrogens (primary N) is 1. The van der Waals surface area contributed by atoms with Gasteiger partial charge in [-0.1, -0.05) is 0 Å². The first-order valence-corrected chi connectivity index (χ1v) is 10.3. The predicted octanol–water partition coefficient (Wildman–Crippen LogP) is 1.67. The maximum atomic E-state index is 11.4. The smallest absolute Gasteiger partial charge is 0.238 e. The molecule has 1 aliphatic rings. The van der Waals surface area contributed by atoms with Crippen LogP contribution in [0.2, 0.25) is 0 Å². The zero-order valence-corrected chi connectivity index (χ0v) is 15.0. The van der Waals surface area contributed by atoms with Gasteiger partial charge in [-0.2, -0.15) is 0 Å². The fourth-order valence-corrected chi connectivity index (χ4v) is 4.29. The molecule has 0 spiro atoms. The van der Waals surface area contributed by atoms with E-state index in [1.807, 2.05) is 5.38 Å². The lowest BCUT2D eigenvalue weighted by molar-refractivity contribution is 0.597. The van der Waals surface area contributed by atoms with Crippen LogP contribution in [0.4, 0.5) is 11.5 Å². The van der Waals surface area contributed by atoms with Crippen molar-refractivity contribution >= 4 is 43.1 Å². The van der Waals surface area contributed by atoms with Crippen molar-refractivity contribution in [3.63, 3.8) is 0 Å². The van der Waals surface area contributed by atoms with Gasteiger partial charge in [0.15, 0.2) is 0 Å². The quantitative estimate of drug-likeness (QED) is 0.749. The first-order valence-electron chi connectivity index (χ1n) is 7.83. The third-order valence-corrected chi connectivity index (χ3v) is 6.10. The minimum atomic E-state index is -3.65. The standard InChI is InChI=1S/C16H17N5O2S2/c17-25(22,23)13-3-1-12(2-4-13)20-6-8-21(9-7-20)15-14-5-10-24-16(14)19-11-18-15/h1-5,10-11H,6-9H2,(H2,17,22,23). The molecule has 0 radical (unpaired) electrons. The van der Waals surface area contributed by atoms with E-state index in [0.717, 1.165) is 47.9 Å². The van der Waals surface area contributed by atoms with Crippen LogP contribution in [-0.4, -0.2) is 44.6 Å². The van der Waals surface area contributed by atoms with Gasteiger partial charge in [-0.05, 0) is 35.7 Å². The van der Waals surface area contributed by atoms with E-state index in [0.29, 0.717) is 0 Å². The van der Waals surface area contributed by atoms with Crippen LogP contribution in [0.1, 0.15) is 0 Å². The average Bonchev–Trinajstić information content (AvgIpc) is 3.10. The first-order chi connectivity index (χ1) is 12.0. The molecule has 0 aliphatic carbocycles. The molecule has 1 fully saturated rings. The fourth-order valence-electron chi connectivity index (χ4n) is 3.05. The zero-order chi connectivity index (χ0) is 17.4. The summed E-state index contributed by atoms with van der Waals surface area (Å²) >= 11 is 1.62. The van der Waals surface area contributed by atoms with Crippen LogP contribution in [0, 0.1) is 0 Å². The fraction of sp³-hybridized carbons (Fsp3) is 0.250. The Morgan fingerprint density at radius 3 is 2.32 bits per heavy atom. The molecule has 2 N–H and O–H groups in total. The number of anilines is 2. The summed E-state index contributed by atoms with van der Waals surface area (Å²) in [6.07, 6.45) is 1.62. The number of primary sulfonamides is 1. The van der Waals surface area contributed by atoms with E-state index in [1.165, 1.54) is 0 Å². The number of hydrogen-bond acceptors (Lipinski definition) is 7. The predicted molar refractivity (Wildman–Crippen MR) is 99.7 cm³/mol. The van der Waals surface area contributed by atoms with E-state index in [2.05, 4.69) is 25.8 Å². The van der Waals surface area contributed by atoms with E-state index in [-0.39, 0.29) is 4.90 Å². The Morgan fingerprint density at radius 1 is 0.960 bits per heavy atom. The highest BCUT2D eigenvalue weighted by Crippen LogP contribution is 2.28. The minimum Gasteiger partial charge on any atom is -0.368 e. The third-order valence-electron chi connectivity index (χ3n) is 4.35. The molecule has 9 heteroatoms. The second kappa shape index (κ2) is 6.25. The average molecular weight is 375 g/mol. The van der Waals surface area contributed by atoms with Gasteiger partial charge in [-0.3, -0.25) is 0 Å². The van der Waals surface area contributed by atoms with E-state index < -0.39 is 10.0 Å². The number of sulfonamides is 1. The number of benzene rings is 1. The monoisotopic (exact) mass is 375 g/mol. The summed E-state index contributed by atoms with van der Waals surface area (Å²) in [5.74, 6) is 0.982. The molecule has 0 unspecified atom stereocenters. The van der Waals surface area contributed by atoms with Crippen LogP contribution in [0.5, 0.6) is 0 Å². The lowest BCUT2D eigenvalue weighted by Gasteiger charge is -2.37. The SMILES string of the molecule is NS(=O)(=O)c1ccc(N2CCN(c3ncnc4sccc34)CC2)cc1. The Hall–Kier alpha value is -2.23. The minimum absolute atomic E-state index is 0.135. The number of thiophene rings is 1. The van der Waals surface area contributed by atoms with Crippen molar-refractivity contribution in [1.29, 1.82) is 0 Å². The summed E-state index contributed by atoms with van der Waals surface area (Å²) in [6.45, 7) is 3.37. The highest BCUT2D eigenvalue weighted by molar-refractivity contribution is 7.89. The third kappa shape index (κ3) is 3.17. The lowest BCUT2D eigenvalue weighted by atomic mass is 10.2. The van der Waals surface area contributed by atoms with E-state index in [4.69, 9.17) is 5.14 Å². The first kappa shape index (κ1) is 16.2. The Bertz CT molecular complexity index is 993. The molecule has 2 aromatic heterocycles. The molecule has 0 atom stereocenters. The Labute approximate surface area is 149 Å². The van der Waals surface area contributed by atoms with Crippen molar-refractivity contribution in [3.8, 4) is 0 Å². The second-order valence-electron chi connectivity index (χ2n) is 5.85. The number of nitrogens with zero attached hydrogens (tertiary/aromatic N) is 4. The van der Waals surface area contributed by atoms with Crippen molar-refractivity contribution in [2.45, 2.75) is 4.90 Å². The van der Waals surface area contributed by atoms with Gasteiger partial charge in [0.05, 0.1) is 10.3 Å². The van der Waals surface area contributed by atoms with E-state index in [9.17, 15) is 8.42 Å². The normalized spacial score (nSPS) is 15.7. The van der Waals surface area contributed by atoms with Crippen molar-refractivity contribution in [2.24, 2.45) is 5.14 Å². The van der Waals surface area contributed by atoms with Crippen molar-refractivity contribution in [1.82, 2.24) is 9.97 Å². The molecule has 7 nitrogen and oxygen atoms in total. The van der Waals surface area contributed by atoms with Crippen LogP contribution in [-0.2, 0) is 10.0 Å². The molecule has 4 rings (SSSR count). The number of piperazine rings is 1. The molecule has 1 aromatic carbocycles. The summed E-state index contributed by atoms with van der Waals surface area (Å²) in [7, 11) is -3.65. The van der Waals surface area contributed by atoms with Gasteiger partial charge in [-0.15, -0.1) is 11.3 Å². The number of aromatic nitrogens is 2. The molecule has 0 bridgehead atoms. The lowest BCUT2D eigenvalue weighted by Crippen LogP contribution is -2.46. The van der Waals surface area contributed by atoms with Crippen LogP contribution in [0.3, 0.4) is 0 Å². The summed E-state index contributed by atoms with van der Waals surface area (Å²) in [5, 5.41) is 8.27. The summed E-state index contributed by atoms with van der Waals surface area (Å²) in [4.78, 5) is 14.4. The summed E-state index contributed by atoms with van der Waals surface area (Å²) in [6, 6.07) is 8.77. The van der Waals surface area contributed by atoms with E-state index >= 15 is 0 Å². The van der Waals surface area contributed by atoms with Crippen molar-refractivity contribution < 1.29 is 8.42 Å². The maximum absolute atomic E-state index is 11.4. The number of fused-ring (bicyclic) bond motifs is 1. The zero-order valence-electron chi connectivity index (χ0n) is 13.4. The van der Waals surface area contributed by atoms with Crippen LogP contribution >= 0.6 is 11.3 Å². The summed E-state index contributed by atoms with van der Waals surface area (Å²) in [5.41, 5.74) is 0.996. The van der Waals surface area contributed by atoms with Crippen molar-refractivity contribution in [3.05, 3.63) is 42.0 Å². The number of hydrogen-bond donors (Lipinski definition) is 1. The highest BCUT2D eigenvalue weighted by atomic mass is 32.2. The molecule has 25 heavy (non-hydrogen) atoms. The molecule has 130 valence electrons. The van der Waals surface area contributed by atoms with Crippen LogP contribution in [0.25, 0.3) is 10.2 Å². The Morgan fingerprint density at radius 2 is 1.64 bits per heavy atom. The van der Waals surface area contributed by atoms with E-state index in [1.54, 1.807) is 41.9 Å². The summed E-state index contributed by atoms with van der Waals surface area (Å²) < 4.78 is 22.7. The molecule has 3 heterocycles. The van der Waals surface area contributed by atoms with Gasteiger partial charge in [0.1, 0.15) is 17.0 Å². The second-order valence-corrected chi connectivity index (χ2v) is 8.31.